The average molecular weight is 453 g/mol. The molecule has 1 heterocycles. The van der Waals surface area contributed by atoms with E-state index in [1.54, 1.807) is 48.5 Å². The van der Waals surface area contributed by atoms with E-state index in [9.17, 15) is 14.4 Å². The van der Waals surface area contributed by atoms with Crippen LogP contribution in [0.4, 0.5) is 17.1 Å². The summed E-state index contributed by atoms with van der Waals surface area (Å²) in [5.41, 5.74) is 1.74. The molecule has 164 valence electrons. The number of nitrogens with one attached hydrogen (secondary N) is 4. The molecule has 0 bridgehead atoms. The molecule has 1 saturated carbocycles. The minimum absolute atomic E-state index is 0.0934. The maximum Gasteiger partial charge on any atom is 0.291 e. The Bertz CT molecular complexity index is 1140. The van der Waals surface area contributed by atoms with Gasteiger partial charge >= 0.3 is 0 Å². The Morgan fingerprint density at radius 3 is 2.47 bits per heavy atom. The summed E-state index contributed by atoms with van der Waals surface area (Å²) in [7, 11) is 0. The number of furan rings is 1. The van der Waals surface area contributed by atoms with Gasteiger partial charge in [-0.05, 0) is 55.3 Å². The number of halogens is 1. The molecule has 1 aromatic heterocycles. The Hall–Kier alpha value is -3.78. The second-order valence-corrected chi connectivity index (χ2v) is 7.75. The third-order valence-electron chi connectivity index (χ3n) is 4.77. The van der Waals surface area contributed by atoms with E-state index < -0.39 is 5.91 Å². The number of carbonyl (C=O) groups is 3. The summed E-state index contributed by atoms with van der Waals surface area (Å²) in [4.78, 5) is 37.3. The summed E-state index contributed by atoms with van der Waals surface area (Å²) in [5.74, 6) is -0.859. The molecule has 0 atom stereocenters. The monoisotopic (exact) mass is 452 g/mol. The van der Waals surface area contributed by atoms with Crippen molar-refractivity contribution in [1.82, 2.24) is 5.32 Å². The van der Waals surface area contributed by atoms with Crippen LogP contribution in [-0.2, 0) is 4.79 Å². The molecule has 0 radical (unpaired) electrons. The average Bonchev–Trinajstić information content (AvgIpc) is 3.41. The molecule has 4 N–H and O–H groups in total. The van der Waals surface area contributed by atoms with Crippen LogP contribution in [-0.4, -0.2) is 30.3 Å². The van der Waals surface area contributed by atoms with Crippen molar-refractivity contribution >= 4 is 46.4 Å². The van der Waals surface area contributed by atoms with Gasteiger partial charge in [0, 0.05) is 11.1 Å². The number of anilines is 3. The van der Waals surface area contributed by atoms with Crippen LogP contribution in [0.1, 0.15) is 33.8 Å². The van der Waals surface area contributed by atoms with E-state index in [0.717, 1.165) is 12.8 Å². The molecule has 3 aromatic rings. The van der Waals surface area contributed by atoms with Crippen molar-refractivity contribution < 1.29 is 18.8 Å². The number of carbonyl (C=O) groups excluding carboxylic acids is 3. The fourth-order valence-corrected chi connectivity index (χ4v) is 3.19. The Balaban J connectivity index is 1.40. The zero-order valence-electron chi connectivity index (χ0n) is 17.0. The molecule has 1 fully saturated rings. The van der Waals surface area contributed by atoms with E-state index in [1.165, 1.54) is 12.3 Å². The summed E-state index contributed by atoms with van der Waals surface area (Å²) >= 11 is 6.06. The molecule has 0 saturated heterocycles. The predicted octanol–water partition coefficient (Wildman–Crippen LogP) is 4.13. The van der Waals surface area contributed by atoms with Crippen molar-refractivity contribution in [2.24, 2.45) is 0 Å². The quantitative estimate of drug-likeness (QED) is 0.410. The Kier molecular flexibility index (Phi) is 6.42. The Morgan fingerprint density at radius 2 is 1.72 bits per heavy atom. The molecule has 4 rings (SSSR count). The molecule has 0 spiro atoms. The molecule has 8 nitrogen and oxygen atoms in total. The van der Waals surface area contributed by atoms with Crippen LogP contribution in [0.5, 0.6) is 0 Å². The van der Waals surface area contributed by atoms with Crippen LogP contribution < -0.4 is 21.3 Å². The first kappa shape index (κ1) is 21.5. The number of para-hydroxylation sites is 1. The summed E-state index contributed by atoms with van der Waals surface area (Å²) in [6, 6.07) is 15.1. The van der Waals surface area contributed by atoms with Crippen LogP contribution in [0.15, 0.2) is 65.3 Å². The molecule has 2 aromatic carbocycles. The predicted molar refractivity (Wildman–Crippen MR) is 122 cm³/mol. The Morgan fingerprint density at radius 1 is 0.906 bits per heavy atom. The lowest BCUT2D eigenvalue weighted by molar-refractivity contribution is -0.114. The lowest BCUT2D eigenvalue weighted by Gasteiger charge is -2.14. The fraction of sp³-hybridized carbons (Fsp3) is 0.174. The first-order valence-electron chi connectivity index (χ1n) is 10.1. The first-order chi connectivity index (χ1) is 15.5. The van der Waals surface area contributed by atoms with Gasteiger partial charge in [0.2, 0.25) is 5.91 Å². The first-order valence-corrected chi connectivity index (χ1v) is 10.5. The molecule has 0 aliphatic heterocycles. The van der Waals surface area contributed by atoms with Crippen molar-refractivity contribution in [3.05, 3.63) is 77.2 Å². The lowest BCUT2D eigenvalue weighted by atomic mass is 10.1. The molecular weight excluding hydrogens is 432 g/mol. The largest absolute Gasteiger partial charge is 0.459 e. The van der Waals surface area contributed by atoms with Crippen LogP contribution in [0, 0.1) is 0 Å². The third kappa shape index (κ3) is 5.47. The molecule has 1 aliphatic carbocycles. The third-order valence-corrected chi connectivity index (χ3v) is 5.01. The summed E-state index contributed by atoms with van der Waals surface area (Å²) in [6.45, 7) is -0.0934. The van der Waals surface area contributed by atoms with Crippen LogP contribution in [0.3, 0.4) is 0 Å². The molecule has 32 heavy (non-hydrogen) atoms. The number of hydrogen-bond donors (Lipinski definition) is 4. The second-order valence-electron chi connectivity index (χ2n) is 7.32. The van der Waals surface area contributed by atoms with Gasteiger partial charge in [0.1, 0.15) is 0 Å². The van der Waals surface area contributed by atoms with Gasteiger partial charge in [-0.1, -0.05) is 23.7 Å². The highest BCUT2D eigenvalue weighted by Crippen LogP contribution is 2.26. The molecule has 1 aliphatic rings. The smallest absolute Gasteiger partial charge is 0.291 e. The van der Waals surface area contributed by atoms with Gasteiger partial charge < -0.3 is 25.7 Å². The fourth-order valence-electron chi connectivity index (χ4n) is 3.02. The van der Waals surface area contributed by atoms with Crippen LogP contribution >= 0.6 is 11.6 Å². The van der Waals surface area contributed by atoms with Gasteiger partial charge in [-0.2, -0.15) is 0 Å². The SMILES string of the molecule is O=C(CNc1ccc(Cl)cc1NC(=O)c1ccco1)Nc1ccccc1C(=O)NC1CC1. The van der Waals surface area contributed by atoms with Crippen molar-refractivity contribution in [3.63, 3.8) is 0 Å². The van der Waals surface area contributed by atoms with Gasteiger partial charge in [-0.3, -0.25) is 14.4 Å². The van der Waals surface area contributed by atoms with Gasteiger partial charge in [0.25, 0.3) is 11.8 Å². The van der Waals surface area contributed by atoms with Gasteiger partial charge in [0.05, 0.1) is 35.4 Å². The Labute approximate surface area is 189 Å². The zero-order chi connectivity index (χ0) is 22.5. The van der Waals surface area contributed by atoms with Crippen LogP contribution in [0.2, 0.25) is 5.02 Å². The number of benzene rings is 2. The van der Waals surface area contributed by atoms with E-state index in [2.05, 4.69) is 21.3 Å². The summed E-state index contributed by atoms with van der Waals surface area (Å²) < 4.78 is 5.10. The van der Waals surface area contributed by atoms with E-state index >= 15 is 0 Å². The van der Waals surface area contributed by atoms with Crippen molar-refractivity contribution in [2.45, 2.75) is 18.9 Å². The normalized spacial score (nSPS) is 12.7. The van der Waals surface area contributed by atoms with E-state index in [1.807, 2.05) is 0 Å². The molecular formula is C23H21ClN4O4. The minimum Gasteiger partial charge on any atom is -0.459 e. The van der Waals surface area contributed by atoms with Crippen molar-refractivity contribution in [2.75, 3.05) is 22.5 Å². The van der Waals surface area contributed by atoms with Gasteiger partial charge in [-0.15, -0.1) is 0 Å². The van der Waals surface area contributed by atoms with Gasteiger partial charge in [-0.25, -0.2) is 0 Å². The molecule has 0 unspecified atom stereocenters. The van der Waals surface area contributed by atoms with E-state index in [0.29, 0.717) is 27.6 Å². The minimum atomic E-state index is -0.444. The second kappa shape index (κ2) is 9.57. The zero-order valence-corrected chi connectivity index (χ0v) is 17.7. The molecule has 9 heteroatoms. The van der Waals surface area contributed by atoms with Crippen molar-refractivity contribution in [3.8, 4) is 0 Å². The highest BCUT2D eigenvalue weighted by Gasteiger charge is 2.25. The van der Waals surface area contributed by atoms with E-state index in [4.69, 9.17) is 16.0 Å². The number of hydrogen-bond acceptors (Lipinski definition) is 5. The van der Waals surface area contributed by atoms with Gasteiger partial charge in [0.15, 0.2) is 5.76 Å². The number of rotatable bonds is 8. The molecule has 3 amide bonds. The maximum absolute atomic E-state index is 12.5. The van der Waals surface area contributed by atoms with Crippen LogP contribution in [0.25, 0.3) is 0 Å². The topological polar surface area (TPSA) is 112 Å². The highest BCUT2D eigenvalue weighted by molar-refractivity contribution is 6.31. The van der Waals surface area contributed by atoms with Crippen molar-refractivity contribution in [1.29, 1.82) is 0 Å². The summed E-state index contributed by atoms with van der Waals surface area (Å²) in [6.07, 6.45) is 3.35. The standard InChI is InChI=1S/C23H21ClN4O4/c24-14-7-10-18(19(12-14)28-23(31)20-6-3-11-32-20)25-13-21(29)27-17-5-2-1-4-16(17)22(30)26-15-8-9-15/h1-7,10-12,15,25H,8-9,13H2,(H,26,30)(H,27,29)(H,28,31). The van der Waals surface area contributed by atoms with E-state index in [-0.39, 0.29) is 30.2 Å². The lowest BCUT2D eigenvalue weighted by Crippen LogP contribution is -2.28. The highest BCUT2D eigenvalue weighted by atomic mass is 35.5. The number of amides is 3. The summed E-state index contributed by atoms with van der Waals surface area (Å²) in [5, 5.41) is 11.8. The maximum atomic E-state index is 12.5.